The van der Waals surface area contributed by atoms with Crippen molar-refractivity contribution in [3.8, 4) is 0 Å². The molecule has 1 N–H and O–H groups in total. The van der Waals surface area contributed by atoms with Crippen molar-refractivity contribution in [1.29, 1.82) is 0 Å². The maximum Gasteiger partial charge on any atom is 0.219 e. The highest BCUT2D eigenvalue weighted by Crippen LogP contribution is 2.09. The van der Waals surface area contributed by atoms with E-state index < -0.39 is 0 Å². The van der Waals surface area contributed by atoms with Crippen LogP contribution in [0.5, 0.6) is 0 Å². The lowest BCUT2D eigenvalue weighted by Gasteiger charge is -2.22. The molecular formula is C21H44N2O. The van der Waals surface area contributed by atoms with Crippen molar-refractivity contribution in [1.82, 2.24) is 10.2 Å². The van der Waals surface area contributed by atoms with E-state index in [-0.39, 0.29) is 5.91 Å². The average molecular weight is 341 g/mol. The second kappa shape index (κ2) is 18.8. The van der Waals surface area contributed by atoms with Gasteiger partial charge in [-0.2, -0.15) is 0 Å². The van der Waals surface area contributed by atoms with Crippen LogP contribution in [0.2, 0.25) is 0 Å². The number of carbonyl (C=O) groups excluding carboxylic acids is 1. The number of nitrogens with one attached hydrogen (secondary N) is 1. The standard InChI is InChI=1S/C21H44N2O/c1-4-6-8-10-12-14-18-23(20-16-17-21(24)22-3)19-15-13-11-9-7-5-2/h4-20H2,1-3H3,(H,22,24). The van der Waals surface area contributed by atoms with Gasteiger partial charge in [0.1, 0.15) is 0 Å². The number of unbranched alkanes of at least 4 members (excludes halogenated alkanes) is 10. The zero-order chi connectivity index (χ0) is 17.9. The lowest BCUT2D eigenvalue weighted by atomic mass is 10.1. The van der Waals surface area contributed by atoms with E-state index in [0.29, 0.717) is 6.42 Å². The molecule has 0 unspecified atom stereocenters. The van der Waals surface area contributed by atoms with Crippen molar-refractivity contribution in [2.75, 3.05) is 26.7 Å². The second-order valence-electron chi connectivity index (χ2n) is 7.15. The van der Waals surface area contributed by atoms with Gasteiger partial charge >= 0.3 is 0 Å². The Hall–Kier alpha value is -0.570. The summed E-state index contributed by atoms with van der Waals surface area (Å²) in [6.45, 7) is 8.06. The Morgan fingerprint density at radius 2 is 1.08 bits per heavy atom. The van der Waals surface area contributed by atoms with Crippen molar-refractivity contribution in [3.05, 3.63) is 0 Å². The molecule has 0 rings (SSSR count). The van der Waals surface area contributed by atoms with E-state index in [2.05, 4.69) is 24.1 Å². The minimum Gasteiger partial charge on any atom is -0.359 e. The predicted octanol–water partition coefficient (Wildman–Crippen LogP) is 5.54. The molecule has 0 aliphatic heterocycles. The number of hydrogen-bond donors (Lipinski definition) is 1. The van der Waals surface area contributed by atoms with Crippen molar-refractivity contribution in [2.24, 2.45) is 0 Å². The summed E-state index contributed by atoms with van der Waals surface area (Å²) in [4.78, 5) is 14.0. The second-order valence-corrected chi connectivity index (χ2v) is 7.15. The zero-order valence-electron chi connectivity index (χ0n) is 16.9. The monoisotopic (exact) mass is 340 g/mol. The quantitative estimate of drug-likeness (QED) is 0.332. The molecule has 0 saturated heterocycles. The normalized spacial score (nSPS) is 11.2. The molecule has 0 aliphatic carbocycles. The first kappa shape index (κ1) is 23.4. The summed E-state index contributed by atoms with van der Waals surface area (Å²) in [7, 11) is 1.73. The Kier molecular flexibility index (Phi) is 18.3. The van der Waals surface area contributed by atoms with Crippen LogP contribution in [-0.2, 0) is 4.79 Å². The van der Waals surface area contributed by atoms with Crippen LogP contribution in [0, 0.1) is 0 Å². The lowest BCUT2D eigenvalue weighted by molar-refractivity contribution is -0.120. The van der Waals surface area contributed by atoms with Crippen LogP contribution in [0.3, 0.4) is 0 Å². The lowest BCUT2D eigenvalue weighted by Crippen LogP contribution is -2.28. The third-order valence-corrected chi connectivity index (χ3v) is 4.81. The largest absolute Gasteiger partial charge is 0.359 e. The molecule has 0 spiro atoms. The van der Waals surface area contributed by atoms with Gasteiger partial charge in [0.15, 0.2) is 0 Å². The first-order valence-electron chi connectivity index (χ1n) is 10.7. The van der Waals surface area contributed by atoms with E-state index in [9.17, 15) is 4.79 Å². The summed E-state index contributed by atoms with van der Waals surface area (Å²) >= 11 is 0. The van der Waals surface area contributed by atoms with Gasteiger partial charge in [0, 0.05) is 13.5 Å². The number of carbonyl (C=O) groups is 1. The van der Waals surface area contributed by atoms with Crippen molar-refractivity contribution in [2.45, 2.75) is 104 Å². The summed E-state index contributed by atoms with van der Waals surface area (Å²) in [5, 5.41) is 2.72. The molecule has 0 fully saturated rings. The maximum atomic E-state index is 11.4. The predicted molar refractivity (Wildman–Crippen MR) is 106 cm³/mol. The van der Waals surface area contributed by atoms with Crippen molar-refractivity contribution < 1.29 is 4.79 Å². The molecule has 0 saturated carbocycles. The van der Waals surface area contributed by atoms with Crippen LogP contribution < -0.4 is 5.32 Å². The number of amides is 1. The molecule has 0 radical (unpaired) electrons. The highest BCUT2D eigenvalue weighted by atomic mass is 16.1. The van der Waals surface area contributed by atoms with Crippen molar-refractivity contribution in [3.63, 3.8) is 0 Å². The molecular weight excluding hydrogens is 296 g/mol. The van der Waals surface area contributed by atoms with E-state index in [0.717, 1.165) is 13.0 Å². The molecule has 0 heterocycles. The molecule has 144 valence electrons. The van der Waals surface area contributed by atoms with E-state index in [4.69, 9.17) is 0 Å². The van der Waals surface area contributed by atoms with Gasteiger partial charge in [-0.15, -0.1) is 0 Å². The molecule has 0 aromatic heterocycles. The highest BCUT2D eigenvalue weighted by Gasteiger charge is 2.06. The first-order chi connectivity index (χ1) is 11.7. The molecule has 0 aromatic carbocycles. The van der Waals surface area contributed by atoms with Gasteiger partial charge in [-0.25, -0.2) is 0 Å². The summed E-state index contributed by atoms with van der Waals surface area (Å²) < 4.78 is 0. The molecule has 0 atom stereocenters. The molecule has 0 bridgehead atoms. The Balaban J connectivity index is 3.84. The van der Waals surface area contributed by atoms with E-state index in [1.165, 1.54) is 90.1 Å². The molecule has 0 aromatic rings. The topological polar surface area (TPSA) is 32.3 Å². The molecule has 3 heteroatoms. The Bertz CT molecular complexity index is 253. The van der Waals surface area contributed by atoms with Gasteiger partial charge in [-0.3, -0.25) is 4.79 Å². The van der Waals surface area contributed by atoms with Crippen LogP contribution >= 0.6 is 0 Å². The molecule has 24 heavy (non-hydrogen) atoms. The summed E-state index contributed by atoms with van der Waals surface area (Å²) in [5.74, 6) is 0.175. The van der Waals surface area contributed by atoms with Gasteiger partial charge in [0.2, 0.25) is 5.91 Å². The number of rotatable bonds is 18. The SMILES string of the molecule is CCCCCCCCN(CCCCCCCC)CCCC(=O)NC. The fraction of sp³-hybridized carbons (Fsp3) is 0.952. The van der Waals surface area contributed by atoms with Crippen LogP contribution in [0.4, 0.5) is 0 Å². The molecule has 1 amide bonds. The van der Waals surface area contributed by atoms with E-state index >= 15 is 0 Å². The zero-order valence-corrected chi connectivity index (χ0v) is 16.9. The highest BCUT2D eigenvalue weighted by molar-refractivity contribution is 5.75. The fourth-order valence-corrected chi connectivity index (χ4v) is 3.16. The van der Waals surface area contributed by atoms with Gasteiger partial charge in [0.05, 0.1) is 0 Å². The van der Waals surface area contributed by atoms with Crippen LogP contribution in [0.1, 0.15) is 104 Å². The van der Waals surface area contributed by atoms with E-state index in [1.54, 1.807) is 7.05 Å². The minimum atomic E-state index is 0.175. The van der Waals surface area contributed by atoms with Gasteiger partial charge in [0.25, 0.3) is 0 Å². The van der Waals surface area contributed by atoms with Crippen LogP contribution in [0.15, 0.2) is 0 Å². The number of hydrogen-bond acceptors (Lipinski definition) is 2. The third-order valence-electron chi connectivity index (χ3n) is 4.81. The fourth-order valence-electron chi connectivity index (χ4n) is 3.16. The van der Waals surface area contributed by atoms with Crippen molar-refractivity contribution >= 4 is 5.91 Å². The Morgan fingerprint density at radius 1 is 0.667 bits per heavy atom. The smallest absolute Gasteiger partial charge is 0.219 e. The minimum absolute atomic E-state index is 0.175. The Labute approximate surface area is 152 Å². The van der Waals surface area contributed by atoms with Gasteiger partial charge < -0.3 is 10.2 Å². The average Bonchev–Trinajstić information content (AvgIpc) is 2.60. The van der Waals surface area contributed by atoms with Crippen LogP contribution in [0.25, 0.3) is 0 Å². The van der Waals surface area contributed by atoms with Crippen LogP contribution in [-0.4, -0.2) is 37.5 Å². The third kappa shape index (κ3) is 16.3. The van der Waals surface area contributed by atoms with E-state index in [1.807, 2.05) is 0 Å². The molecule has 3 nitrogen and oxygen atoms in total. The van der Waals surface area contributed by atoms with Gasteiger partial charge in [-0.05, 0) is 38.9 Å². The summed E-state index contributed by atoms with van der Waals surface area (Å²) in [5.41, 5.74) is 0. The summed E-state index contributed by atoms with van der Waals surface area (Å²) in [6, 6.07) is 0. The number of nitrogens with zero attached hydrogens (tertiary/aromatic N) is 1. The maximum absolute atomic E-state index is 11.4. The Morgan fingerprint density at radius 3 is 1.54 bits per heavy atom. The first-order valence-corrected chi connectivity index (χ1v) is 10.7. The van der Waals surface area contributed by atoms with Gasteiger partial charge in [-0.1, -0.05) is 78.1 Å². The molecule has 0 aliphatic rings. The summed E-state index contributed by atoms with van der Waals surface area (Å²) in [6.07, 6.45) is 18.0.